The van der Waals surface area contributed by atoms with Crippen LogP contribution in [0.2, 0.25) is 0 Å². The Bertz CT molecular complexity index is 257. The molecule has 1 heterocycles. The predicted octanol–water partition coefficient (Wildman–Crippen LogP) is 2.01. The predicted molar refractivity (Wildman–Crippen MR) is 71.1 cm³/mol. The van der Waals surface area contributed by atoms with Gasteiger partial charge in [-0.05, 0) is 33.1 Å². The van der Waals surface area contributed by atoms with Crippen molar-refractivity contribution in [2.45, 2.75) is 32.7 Å². The molecule has 0 radical (unpaired) electrons. The SMILES string of the molecule is CCN(CC)CCC(Cc1nccs1)NC. The molecule has 1 rings (SSSR count). The average Bonchev–Trinajstić information content (AvgIpc) is 2.81. The fourth-order valence-electron chi connectivity index (χ4n) is 1.79. The second-order valence-corrected chi connectivity index (χ2v) is 4.91. The van der Waals surface area contributed by atoms with Crippen molar-refractivity contribution in [2.75, 3.05) is 26.7 Å². The van der Waals surface area contributed by atoms with Crippen LogP contribution in [-0.4, -0.2) is 42.6 Å². The Labute approximate surface area is 103 Å². The van der Waals surface area contributed by atoms with Gasteiger partial charge in [0.05, 0.1) is 5.01 Å². The molecule has 3 nitrogen and oxygen atoms in total. The van der Waals surface area contributed by atoms with Gasteiger partial charge in [-0.2, -0.15) is 0 Å². The van der Waals surface area contributed by atoms with Crippen molar-refractivity contribution >= 4 is 11.3 Å². The van der Waals surface area contributed by atoms with Crippen LogP contribution in [0.3, 0.4) is 0 Å². The largest absolute Gasteiger partial charge is 0.317 e. The van der Waals surface area contributed by atoms with Gasteiger partial charge in [0, 0.05) is 24.0 Å². The van der Waals surface area contributed by atoms with Crippen LogP contribution in [0.1, 0.15) is 25.3 Å². The first-order chi connectivity index (χ1) is 7.80. The molecule has 0 saturated carbocycles. The summed E-state index contributed by atoms with van der Waals surface area (Å²) in [5.41, 5.74) is 0. The molecule has 0 aliphatic heterocycles. The standard InChI is InChI=1S/C12H23N3S/c1-4-15(5-2)8-6-11(13-3)10-12-14-7-9-16-12/h7,9,11,13H,4-6,8,10H2,1-3H3. The lowest BCUT2D eigenvalue weighted by Crippen LogP contribution is -2.33. The molecule has 92 valence electrons. The normalized spacial score (nSPS) is 13.2. The summed E-state index contributed by atoms with van der Waals surface area (Å²) in [6, 6.07) is 0.548. The number of nitrogens with one attached hydrogen (secondary N) is 1. The smallest absolute Gasteiger partial charge is 0.0940 e. The van der Waals surface area contributed by atoms with Crippen LogP contribution >= 0.6 is 11.3 Å². The zero-order valence-corrected chi connectivity index (χ0v) is 11.4. The third kappa shape index (κ3) is 4.60. The topological polar surface area (TPSA) is 28.2 Å². The Morgan fingerprint density at radius 1 is 1.44 bits per heavy atom. The van der Waals surface area contributed by atoms with Gasteiger partial charge in [-0.25, -0.2) is 4.98 Å². The molecule has 0 amide bonds. The second-order valence-electron chi connectivity index (χ2n) is 3.93. The zero-order chi connectivity index (χ0) is 11.8. The molecular formula is C12H23N3S. The molecule has 0 aliphatic carbocycles. The number of rotatable bonds is 8. The summed E-state index contributed by atoms with van der Waals surface area (Å²) >= 11 is 1.75. The number of nitrogens with zero attached hydrogens (tertiary/aromatic N) is 2. The summed E-state index contributed by atoms with van der Waals surface area (Å²) in [6.45, 7) is 7.90. The molecule has 0 saturated heterocycles. The Balaban J connectivity index is 2.31. The lowest BCUT2D eigenvalue weighted by Gasteiger charge is -2.21. The van der Waals surface area contributed by atoms with Crippen LogP contribution in [-0.2, 0) is 6.42 Å². The highest BCUT2D eigenvalue weighted by molar-refractivity contribution is 7.09. The number of likely N-dealkylation sites (N-methyl/N-ethyl adjacent to an activating group) is 1. The average molecular weight is 241 g/mol. The molecule has 1 N–H and O–H groups in total. The second kappa shape index (κ2) is 7.76. The van der Waals surface area contributed by atoms with E-state index in [1.54, 1.807) is 11.3 Å². The van der Waals surface area contributed by atoms with Crippen molar-refractivity contribution in [1.29, 1.82) is 0 Å². The van der Waals surface area contributed by atoms with E-state index in [0.29, 0.717) is 6.04 Å². The number of aromatic nitrogens is 1. The van der Waals surface area contributed by atoms with Gasteiger partial charge in [0.15, 0.2) is 0 Å². The Kier molecular flexibility index (Phi) is 6.61. The summed E-state index contributed by atoms with van der Waals surface area (Å²) in [5, 5.41) is 6.67. The van der Waals surface area contributed by atoms with Crippen molar-refractivity contribution < 1.29 is 0 Å². The van der Waals surface area contributed by atoms with Gasteiger partial charge in [-0.3, -0.25) is 0 Å². The molecular weight excluding hydrogens is 218 g/mol. The summed E-state index contributed by atoms with van der Waals surface area (Å²) in [5.74, 6) is 0. The van der Waals surface area contributed by atoms with E-state index in [4.69, 9.17) is 0 Å². The van der Waals surface area contributed by atoms with E-state index in [0.717, 1.165) is 19.5 Å². The number of hydrogen-bond donors (Lipinski definition) is 1. The van der Waals surface area contributed by atoms with Crippen LogP contribution in [0.25, 0.3) is 0 Å². The molecule has 0 bridgehead atoms. The Hall–Kier alpha value is -0.450. The highest BCUT2D eigenvalue weighted by Crippen LogP contribution is 2.09. The third-order valence-electron chi connectivity index (χ3n) is 3.00. The van der Waals surface area contributed by atoms with E-state index in [1.807, 2.05) is 18.6 Å². The molecule has 4 heteroatoms. The molecule has 1 aromatic heterocycles. The van der Waals surface area contributed by atoms with Crippen molar-refractivity contribution in [3.63, 3.8) is 0 Å². The quantitative estimate of drug-likeness (QED) is 0.754. The maximum absolute atomic E-state index is 4.34. The first kappa shape index (κ1) is 13.6. The molecule has 16 heavy (non-hydrogen) atoms. The first-order valence-corrected chi connectivity index (χ1v) is 6.96. The molecule has 0 aromatic carbocycles. The van der Waals surface area contributed by atoms with Gasteiger partial charge in [0.1, 0.15) is 0 Å². The number of hydrogen-bond acceptors (Lipinski definition) is 4. The van der Waals surface area contributed by atoms with E-state index >= 15 is 0 Å². The van der Waals surface area contributed by atoms with Crippen LogP contribution < -0.4 is 5.32 Å². The molecule has 0 fully saturated rings. The maximum atomic E-state index is 4.34. The first-order valence-electron chi connectivity index (χ1n) is 6.08. The minimum Gasteiger partial charge on any atom is -0.317 e. The van der Waals surface area contributed by atoms with Crippen LogP contribution in [0.5, 0.6) is 0 Å². The van der Waals surface area contributed by atoms with Gasteiger partial charge in [0.25, 0.3) is 0 Å². The minimum absolute atomic E-state index is 0.548. The molecule has 1 aromatic rings. The van der Waals surface area contributed by atoms with Crippen LogP contribution in [0, 0.1) is 0 Å². The number of thiazole rings is 1. The maximum Gasteiger partial charge on any atom is 0.0940 e. The zero-order valence-electron chi connectivity index (χ0n) is 10.6. The van der Waals surface area contributed by atoms with Gasteiger partial charge >= 0.3 is 0 Å². The fraction of sp³-hybridized carbons (Fsp3) is 0.750. The van der Waals surface area contributed by atoms with Crippen molar-refractivity contribution in [3.05, 3.63) is 16.6 Å². The van der Waals surface area contributed by atoms with Crippen LogP contribution in [0.4, 0.5) is 0 Å². The summed E-state index contributed by atoms with van der Waals surface area (Å²) in [7, 11) is 2.04. The Morgan fingerprint density at radius 3 is 2.69 bits per heavy atom. The summed E-state index contributed by atoms with van der Waals surface area (Å²) < 4.78 is 0. The van der Waals surface area contributed by atoms with Gasteiger partial charge < -0.3 is 10.2 Å². The minimum atomic E-state index is 0.548. The molecule has 0 aliphatic rings. The van der Waals surface area contributed by atoms with E-state index in [-0.39, 0.29) is 0 Å². The van der Waals surface area contributed by atoms with E-state index < -0.39 is 0 Å². The van der Waals surface area contributed by atoms with E-state index in [1.165, 1.54) is 18.0 Å². The highest BCUT2D eigenvalue weighted by atomic mass is 32.1. The van der Waals surface area contributed by atoms with Gasteiger partial charge in [0.2, 0.25) is 0 Å². The lowest BCUT2D eigenvalue weighted by molar-refractivity contribution is 0.283. The molecule has 0 spiro atoms. The van der Waals surface area contributed by atoms with Crippen molar-refractivity contribution in [1.82, 2.24) is 15.2 Å². The molecule has 1 unspecified atom stereocenters. The van der Waals surface area contributed by atoms with E-state index in [9.17, 15) is 0 Å². The summed E-state index contributed by atoms with van der Waals surface area (Å²) in [4.78, 5) is 6.80. The lowest BCUT2D eigenvalue weighted by atomic mass is 10.1. The van der Waals surface area contributed by atoms with Crippen molar-refractivity contribution in [3.8, 4) is 0 Å². The molecule has 1 atom stereocenters. The van der Waals surface area contributed by atoms with Crippen molar-refractivity contribution in [2.24, 2.45) is 0 Å². The van der Waals surface area contributed by atoms with Gasteiger partial charge in [-0.1, -0.05) is 13.8 Å². The van der Waals surface area contributed by atoms with Gasteiger partial charge in [-0.15, -0.1) is 11.3 Å². The Morgan fingerprint density at radius 2 is 2.19 bits per heavy atom. The van der Waals surface area contributed by atoms with E-state index in [2.05, 4.69) is 29.0 Å². The highest BCUT2D eigenvalue weighted by Gasteiger charge is 2.10. The fourth-order valence-corrected chi connectivity index (χ4v) is 2.49. The van der Waals surface area contributed by atoms with Crippen LogP contribution in [0.15, 0.2) is 11.6 Å². The monoisotopic (exact) mass is 241 g/mol. The third-order valence-corrected chi connectivity index (χ3v) is 3.80. The summed E-state index contributed by atoms with van der Waals surface area (Å²) in [6.07, 6.45) is 4.13.